The molecule has 1 fully saturated rings. The number of amides is 1. The highest BCUT2D eigenvalue weighted by atomic mass is 19.4. The third-order valence-corrected chi connectivity index (χ3v) is 5.92. The van der Waals surface area contributed by atoms with Crippen molar-refractivity contribution in [2.24, 2.45) is 0 Å². The molecule has 33 heavy (non-hydrogen) atoms. The number of Topliss-reactive ketones (excluding diaryl/α,β-unsaturated/α-hetero) is 1. The number of rotatable bonds is 4. The normalized spacial score (nSPS) is 17.2. The van der Waals surface area contributed by atoms with Gasteiger partial charge < -0.3 is 10.4 Å². The Morgan fingerprint density at radius 2 is 1.97 bits per heavy atom. The zero-order valence-corrected chi connectivity index (χ0v) is 17.5. The summed E-state index contributed by atoms with van der Waals surface area (Å²) in [6.45, 7) is 1.37. The van der Waals surface area contributed by atoms with E-state index in [-0.39, 0.29) is 42.6 Å². The van der Waals surface area contributed by atoms with Gasteiger partial charge in [0.1, 0.15) is 17.9 Å². The number of fused-ring (bicyclic) bond motifs is 1. The molecule has 0 unspecified atom stereocenters. The summed E-state index contributed by atoms with van der Waals surface area (Å²) >= 11 is 0. The van der Waals surface area contributed by atoms with Gasteiger partial charge in [-0.2, -0.15) is 18.3 Å². The second-order valence-corrected chi connectivity index (χ2v) is 8.14. The molecular weight excluding hydrogens is 444 g/mol. The van der Waals surface area contributed by atoms with Crippen molar-refractivity contribution in [2.45, 2.75) is 50.4 Å². The Bertz CT molecular complexity index is 1230. The minimum absolute atomic E-state index is 0.0306. The molecule has 2 heterocycles. The first-order valence-electron chi connectivity index (χ1n) is 10.2. The Balaban J connectivity index is 1.65. The van der Waals surface area contributed by atoms with Crippen molar-refractivity contribution in [1.82, 2.24) is 19.9 Å². The number of hydrogen-bond donors (Lipinski definition) is 2. The number of nitrogens with one attached hydrogen (secondary N) is 1. The molecule has 1 aliphatic rings. The molecule has 11 heteroatoms. The van der Waals surface area contributed by atoms with E-state index in [4.69, 9.17) is 0 Å². The SMILES string of the molecule is C[C@@H](NC(=O)c1cc(C2(O)CCC(=O)CC2)c2ncnn2c1)c1cccc(C(F)(F)F)c1F. The van der Waals surface area contributed by atoms with E-state index < -0.39 is 35.1 Å². The van der Waals surface area contributed by atoms with Gasteiger partial charge in [-0.05, 0) is 31.9 Å². The van der Waals surface area contributed by atoms with Crippen molar-refractivity contribution in [1.29, 1.82) is 0 Å². The molecule has 2 aromatic heterocycles. The summed E-state index contributed by atoms with van der Waals surface area (Å²) in [6.07, 6.45) is -1.59. The Morgan fingerprint density at radius 1 is 1.27 bits per heavy atom. The predicted octanol–water partition coefficient (Wildman–Crippen LogP) is 3.71. The maximum atomic E-state index is 14.5. The second kappa shape index (κ2) is 8.22. The number of carbonyl (C=O) groups excluding carboxylic acids is 2. The molecular formula is C22H20F4N4O3. The van der Waals surface area contributed by atoms with Crippen molar-refractivity contribution in [3.63, 3.8) is 0 Å². The van der Waals surface area contributed by atoms with Gasteiger partial charge in [0, 0.05) is 30.2 Å². The molecule has 3 aromatic rings. The number of aromatic nitrogens is 3. The molecule has 0 radical (unpaired) electrons. The van der Waals surface area contributed by atoms with Crippen LogP contribution in [-0.2, 0) is 16.6 Å². The summed E-state index contributed by atoms with van der Waals surface area (Å²) in [4.78, 5) is 28.7. The lowest BCUT2D eigenvalue weighted by Gasteiger charge is -2.32. The van der Waals surface area contributed by atoms with E-state index in [2.05, 4.69) is 15.4 Å². The fourth-order valence-corrected chi connectivity index (χ4v) is 4.07. The Kier molecular flexibility index (Phi) is 5.69. The minimum Gasteiger partial charge on any atom is -0.385 e. The molecule has 7 nitrogen and oxygen atoms in total. The van der Waals surface area contributed by atoms with Crippen LogP contribution in [0.2, 0.25) is 0 Å². The molecule has 1 amide bonds. The van der Waals surface area contributed by atoms with Crippen LogP contribution in [0.25, 0.3) is 5.65 Å². The van der Waals surface area contributed by atoms with Crippen LogP contribution in [0.4, 0.5) is 17.6 Å². The van der Waals surface area contributed by atoms with Crippen molar-refractivity contribution in [3.05, 3.63) is 64.9 Å². The highest BCUT2D eigenvalue weighted by Gasteiger charge is 2.38. The molecule has 1 aromatic carbocycles. The van der Waals surface area contributed by atoms with E-state index in [1.54, 1.807) is 0 Å². The average Bonchev–Trinajstić information content (AvgIpc) is 3.23. The van der Waals surface area contributed by atoms with E-state index in [1.807, 2.05) is 0 Å². The maximum Gasteiger partial charge on any atom is 0.419 e. The van der Waals surface area contributed by atoms with Crippen LogP contribution in [0.15, 0.2) is 36.8 Å². The van der Waals surface area contributed by atoms with Gasteiger partial charge in [0.2, 0.25) is 0 Å². The molecule has 1 atom stereocenters. The van der Waals surface area contributed by atoms with Gasteiger partial charge >= 0.3 is 6.18 Å². The largest absolute Gasteiger partial charge is 0.419 e. The molecule has 0 saturated heterocycles. The number of ketones is 1. The molecule has 1 aliphatic carbocycles. The number of aliphatic hydroxyl groups is 1. The van der Waals surface area contributed by atoms with Gasteiger partial charge in [-0.3, -0.25) is 9.59 Å². The van der Waals surface area contributed by atoms with Gasteiger partial charge in [-0.15, -0.1) is 0 Å². The highest BCUT2D eigenvalue weighted by Crippen LogP contribution is 2.38. The number of hydrogen-bond acceptors (Lipinski definition) is 5. The number of pyridine rings is 1. The Labute approximate surface area is 185 Å². The number of carbonyl (C=O) groups is 2. The smallest absolute Gasteiger partial charge is 0.385 e. The highest BCUT2D eigenvalue weighted by molar-refractivity contribution is 5.95. The summed E-state index contributed by atoms with van der Waals surface area (Å²) in [6, 6.07) is 3.22. The van der Waals surface area contributed by atoms with Crippen LogP contribution < -0.4 is 5.32 Å². The molecule has 1 saturated carbocycles. The monoisotopic (exact) mass is 464 g/mol. The third kappa shape index (κ3) is 4.32. The lowest BCUT2D eigenvalue weighted by Crippen LogP contribution is -2.33. The zero-order chi connectivity index (χ0) is 24.0. The number of nitrogens with zero attached hydrogens (tertiary/aromatic N) is 3. The van der Waals surface area contributed by atoms with Crippen LogP contribution in [-0.4, -0.2) is 31.4 Å². The summed E-state index contributed by atoms with van der Waals surface area (Å²) in [5.41, 5.74) is -2.44. The minimum atomic E-state index is -4.87. The maximum absolute atomic E-state index is 14.5. The molecule has 0 spiro atoms. The van der Waals surface area contributed by atoms with E-state index in [0.29, 0.717) is 17.3 Å². The van der Waals surface area contributed by atoms with E-state index >= 15 is 0 Å². The third-order valence-electron chi connectivity index (χ3n) is 5.92. The van der Waals surface area contributed by atoms with Crippen LogP contribution in [0.5, 0.6) is 0 Å². The molecule has 4 rings (SSSR count). The van der Waals surface area contributed by atoms with Gasteiger partial charge in [-0.25, -0.2) is 13.9 Å². The predicted molar refractivity (Wildman–Crippen MR) is 108 cm³/mol. The average molecular weight is 464 g/mol. The number of alkyl halides is 3. The van der Waals surface area contributed by atoms with E-state index in [9.17, 15) is 32.3 Å². The fourth-order valence-electron chi connectivity index (χ4n) is 4.07. The second-order valence-electron chi connectivity index (χ2n) is 8.14. The standard InChI is InChI=1S/C22H20F4N4O3/c1-12(15-3-2-4-16(18(15)23)22(24,25)26)29-20(32)13-9-17(19-27-11-28-30(19)10-13)21(33)7-5-14(31)6-8-21/h2-4,9-12,33H,5-8H2,1H3,(H,29,32)/t12-/m1/s1. The molecule has 0 aliphatic heterocycles. The summed E-state index contributed by atoms with van der Waals surface area (Å²) in [5, 5.41) is 17.7. The van der Waals surface area contributed by atoms with Gasteiger partial charge in [0.15, 0.2) is 5.65 Å². The van der Waals surface area contributed by atoms with Crippen LogP contribution >= 0.6 is 0 Å². The van der Waals surface area contributed by atoms with Gasteiger partial charge in [0.05, 0.1) is 22.8 Å². The van der Waals surface area contributed by atoms with Crippen LogP contribution in [0.3, 0.4) is 0 Å². The first-order chi connectivity index (χ1) is 15.5. The van der Waals surface area contributed by atoms with Crippen molar-refractivity contribution in [2.75, 3.05) is 0 Å². The lowest BCUT2D eigenvalue weighted by molar-refractivity contribution is -0.140. The number of benzene rings is 1. The summed E-state index contributed by atoms with van der Waals surface area (Å²) in [5.74, 6) is -2.12. The van der Waals surface area contributed by atoms with Gasteiger partial charge in [0.25, 0.3) is 5.91 Å². The fraction of sp³-hybridized carbons (Fsp3) is 0.364. The number of halogens is 4. The molecule has 2 N–H and O–H groups in total. The zero-order valence-electron chi connectivity index (χ0n) is 17.5. The molecule has 174 valence electrons. The quantitative estimate of drug-likeness (QED) is 0.574. The van der Waals surface area contributed by atoms with Crippen LogP contribution in [0.1, 0.15) is 65.7 Å². The van der Waals surface area contributed by atoms with Crippen LogP contribution in [0, 0.1) is 5.82 Å². The Hall–Kier alpha value is -3.34. The Morgan fingerprint density at radius 3 is 2.64 bits per heavy atom. The first kappa shape index (κ1) is 22.8. The van der Waals surface area contributed by atoms with Crippen molar-refractivity contribution in [3.8, 4) is 0 Å². The molecule has 0 bridgehead atoms. The first-order valence-corrected chi connectivity index (χ1v) is 10.2. The van der Waals surface area contributed by atoms with Gasteiger partial charge in [-0.1, -0.05) is 12.1 Å². The topological polar surface area (TPSA) is 96.6 Å². The van der Waals surface area contributed by atoms with E-state index in [1.165, 1.54) is 36.1 Å². The summed E-state index contributed by atoms with van der Waals surface area (Å²) < 4.78 is 54.9. The van der Waals surface area contributed by atoms with Crippen molar-refractivity contribution < 1.29 is 32.3 Å². The lowest BCUT2D eigenvalue weighted by atomic mass is 9.79. The van der Waals surface area contributed by atoms with E-state index in [0.717, 1.165) is 6.07 Å². The summed E-state index contributed by atoms with van der Waals surface area (Å²) in [7, 11) is 0. The van der Waals surface area contributed by atoms with Crippen molar-refractivity contribution >= 4 is 17.3 Å².